The Labute approximate surface area is 111 Å². The van der Waals surface area contributed by atoms with Gasteiger partial charge in [-0.05, 0) is 23.3 Å². The van der Waals surface area contributed by atoms with E-state index in [1.807, 2.05) is 6.07 Å². The van der Waals surface area contributed by atoms with Crippen molar-refractivity contribution in [3.8, 4) is 11.1 Å². The third-order valence-electron chi connectivity index (χ3n) is 1.95. The van der Waals surface area contributed by atoms with Crippen molar-refractivity contribution < 1.29 is 9.79 Å². The SMILES string of the molecule is Brc1ccc(-c2ccccc2)cc1.CP(O)O. The highest BCUT2D eigenvalue weighted by molar-refractivity contribution is 9.10. The summed E-state index contributed by atoms with van der Waals surface area (Å²) in [5.41, 5.74) is 2.51. The van der Waals surface area contributed by atoms with E-state index < -0.39 is 8.38 Å². The molecule has 0 heterocycles. The van der Waals surface area contributed by atoms with Gasteiger partial charge in [-0.1, -0.05) is 58.4 Å². The molecule has 0 unspecified atom stereocenters. The fourth-order valence-corrected chi connectivity index (χ4v) is 1.54. The Bertz CT molecular complexity index is 426. The Hall–Kier alpha value is -0.730. The average molecular weight is 313 g/mol. The van der Waals surface area contributed by atoms with Crippen molar-refractivity contribution in [2.75, 3.05) is 6.66 Å². The Balaban J connectivity index is 0.000000317. The average Bonchev–Trinajstić information content (AvgIpc) is 2.30. The molecule has 0 aliphatic rings. The first-order chi connectivity index (χ1) is 8.09. The molecule has 0 bridgehead atoms. The van der Waals surface area contributed by atoms with E-state index in [1.165, 1.54) is 17.8 Å². The molecular formula is C13H14BrO2P. The van der Waals surface area contributed by atoms with Crippen LogP contribution in [0.3, 0.4) is 0 Å². The van der Waals surface area contributed by atoms with Crippen LogP contribution in [0, 0.1) is 0 Å². The van der Waals surface area contributed by atoms with Crippen LogP contribution in [0.2, 0.25) is 0 Å². The van der Waals surface area contributed by atoms with E-state index in [0.717, 1.165) is 4.47 Å². The quantitative estimate of drug-likeness (QED) is 0.781. The van der Waals surface area contributed by atoms with Crippen LogP contribution >= 0.6 is 24.3 Å². The summed E-state index contributed by atoms with van der Waals surface area (Å²) in [5.74, 6) is 0. The summed E-state index contributed by atoms with van der Waals surface area (Å²) >= 11 is 3.42. The third-order valence-corrected chi connectivity index (χ3v) is 2.48. The Morgan fingerprint density at radius 2 is 1.24 bits per heavy atom. The van der Waals surface area contributed by atoms with Crippen LogP contribution in [0.15, 0.2) is 59.1 Å². The second-order valence-corrected chi connectivity index (χ2v) is 5.26. The van der Waals surface area contributed by atoms with Gasteiger partial charge < -0.3 is 9.79 Å². The number of rotatable bonds is 1. The summed E-state index contributed by atoms with van der Waals surface area (Å²) in [6, 6.07) is 18.7. The number of halogens is 1. The van der Waals surface area contributed by atoms with Gasteiger partial charge in [-0.25, -0.2) is 0 Å². The predicted octanol–water partition coefficient (Wildman–Crippen LogP) is 4.03. The maximum absolute atomic E-state index is 7.68. The summed E-state index contributed by atoms with van der Waals surface area (Å²) in [4.78, 5) is 15.4. The first kappa shape index (κ1) is 14.3. The van der Waals surface area contributed by atoms with E-state index in [0.29, 0.717) is 0 Å². The molecule has 0 spiro atoms. The topological polar surface area (TPSA) is 40.5 Å². The zero-order chi connectivity index (χ0) is 12.7. The molecule has 2 aromatic rings. The van der Waals surface area contributed by atoms with E-state index in [4.69, 9.17) is 9.79 Å². The van der Waals surface area contributed by atoms with Crippen LogP contribution in [-0.2, 0) is 0 Å². The van der Waals surface area contributed by atoms with Gasteiger partial charge in [0.15, 0.2) is 8.38 Å². The van der Waals surface area contributed by atoms with Gasteiger partial charge >= 0.3 is 0 Å². The van der Waals surface area contributed by atoms with Gasteiger partial charge in [-0.15, -0.1) is 0 Å². The second kappa shape index (κ2) is 7.57. The minimum absolute atomic E-state index is 1.12. The highest BCUT2D eigenvalue weighted by atomic mass is 79.9. The minimum Gasteiger partial charge on any atom is -0.350 e. The lowest BCUT2D eigenvalue weighted by Gasteiger charge is -2.00. The zero-order valence-electron chi connectivity index (χ0n) is 9.42. The zero-order valence-corrected chi connectivity index (χ0v) is 11.9. The molecule has 0 radical (unpaired) electrons. The van der Waals surface area contributed by atoms with E-state index in [1.54, 1.807) is 0 Å². The van der Waals surface area contributed by atoms with E-state index in [-0.39, 0.29) is 0 Å². The molecule has 0 aliphatic carbocycles. The lowest BCUT2D eigenvalue weighted by atomic mass is 10.1. The Morgan fingerprint density at radius 1 is 0.824 bits per heavy atom. The summed E-state index contributed by atoms with van der Waals surface area (Å²) in [6.45, 7) is 1.34. The second-order valence-electron chi connectivity index (χ2n) is 3.36. The lowest BCUT2D eigenvalue weighted by molar-refractivity contribution is 0.491. The predicted molar refractivity (Wildman–Crippen MR) is 76.9 cm³/mol. The molecule has 0 aromatic heterocycles. The summed E-state index contributed by atoms with van der Waals surface area (Å²) in [7, 11) is -1.62. The molecule has 4 heteroatoms. The number of benzene rings is 2. The third kappa shape index (κ3) is 5.94. The molecule has 90 valence electrons. The van der Waals surface area contributed by atoms with Gasteiger partial charge in [-0.2, -0.15) is 0 Å². The molecule has 2 N–H and O–H groups in total. The van der Waals surface area contributed by atoms with E-state index in [2.05, 4.69) is 64.5 Å². The molecule has 0 saturated carbocycles. The van der Waals surface area contributed by atoms with Gasteiger partial charge in [0.05, 0.1) is 0 Å². The first-order valence-electron chi connectivity index (χ1n) is 5.02. The van der Waals surface area contributed by atoms with E-state index >= 15 is 0 Å². The van der Waals surface area contributed by atoms with Crippen LogP contribution in [0.1, 0.15) is 0 Å². The molecule has 2 aromatic carbocycles. The largest absolute Gasteiger partial charge is 0.350 e. The fraction of sp³-hybridized carbons (Fsp3) is 0.0769. The summed E-state index contributed by atoms with van der Waals surface area (Å²) < 4.78 is 1.12. The molecule has 0 fully saturated rings. The van der Waals surface area contributed by atoms with Crippen LogP contribution in [0.25, 0.3) is 11.1 Å². The van der Waals surface area contributed by atoms with Crippen molar-refractivity contribution in [3.63, 3.8) is 0 Å². The van der Waals surface area contributed by atoms with Crippen molar-refractivity contribution in [1.29, 1.82) is 0 Å². The Kier molecular flexibility index (Phi) is 6.38. The maximum atomic E-state index is 7.68. The van der Waals surface area contributed by atoms with Crippen molar-refractivity contribution in [1.82, 2.24) is 0 Å². The van der Waals surface area contributed by atoms with Gasteiger partial charge in [0.25, 0.3) is 0 Å². The van der Waals surface area contributed by atoms with E-state index in [9.17, 15) is 0 Å². The van der Waals surface area contributed by atoms with Gasteiger partial charge in [0.1, 0.15) is 0 Å². The van der Waals surface area contributed by atoms with Crippen LogP contribution in [0.5, 0.6) is 0 Å². The maximum Gasteiger partial charge on any atom is 0.161 e. The number of hydrogen-bond donors (Lipinski definition) is 2. The smallest absolute Gasteiger partial charge is 0.161 e. The van der Waals surface area contributed by atoms with Gasteiger partial charge in [0, 0.05) is 11.1 Å². The highest BCUT2D eigenvalue weighted by Crippen LogP contribution is 2.20. The van der Waals surface area contributed by atoms with Crippen molar-refractivity contribution >= 4 is 24.3 Å². The molecule has 2 rings (SSSR count). The molecule has 17 heavy (non-hydrogen) atoms. The lowest BCUT2D eigenvalue weighted by Crippen LogP contribution is -1.75. The van der Waals surface area contributed by atoms with Crippen LogP contribution in [-0.4, -0.2) is 16.5 Å². The normalized spacial score (nSPS) is 9.71. The molecule has 0 atom stereocenters. The van der Waals surface area contributed by atoms with Crippen LogP contribution in [0.4, 0.5) is 0 Å². The molecule has 0 amide bonds. The van der Waals surface area contributed by atoms with Crippen molar-refractivity contribution in [2.45, 2.75) is 0 Å². The molecule has 2 nitrogen and oxygen atoms in total. The minimum atomic E-state index is -1.62. The van der Waals surface area contributed by atoms with Gasteiger partial charge in [0.2, 0.25) is 0 Å². The Morgan fingerprint density at radius 3 is 1.71 bits per heavy atom. The molecule has 0 saturated heterocycles. The van der Waals surface area contributed by atoms with Crippen LogP contribution < -0.4 is 0 Å². The van der Waals surface area contributed by atoms with Crippen molar-refractivity contribution in [2.24, 2.45) is 0 Å². The number of hydrogen-bond acceptors (Lipinski definition) is 2. The summed E-state index contributed by atoms with van der Waals surface area (Å²) in [5, 5.41) is 0. The van der Waals surface area contributed by atoms with Crippen molar-refractivity contribution in [3.05, 3.63) is 59.1 Å². The fourth-order valence-electron chi connectivity index (χ4n) is 1.27. The highest BCUT2D eigenvalue weighted by Gasteiger charge is 1.94. The molecule has 0 aliphatic heterocycles. The standard InChI is InChI=1S/C12H9Br.CH5O2P/c13-12-8-6-11(7-9-12)10-4-2-1-3-5-10;1-4(2)3/h1-9H;2-3H,1H3. The summed E-state index contributed by atoms with van der Waals surface area (Å²) in [6.07, 6.45) is 0. The molecular weight excluding hydrogens is 299 g/mol. The monoisotopic (exact) mass is 312 g/mol. The first-order valence-corrected chi connectivity index (χ1v) is 7.51. The van der Waals surface area contributed by atoms with Gasteiger partial charge in [-0.3, -0.25) is 0 Å².